The highest BCUT2D eigenvalue weighted by atomic mass is 19.4. The number of nitrogens with one attached hydrogen (secondary N) is 3. The summed E-state index contributed by atoms with van der Waals surface area (Å²) in [5.74, 6) is -0.858. The highest BCUT2D eigenvalue weighted by molar-refractivity contribution is 5.88. The number of piperazine rings is 1. The first-order valence-electron chi connectivity index (χ1n) is 9.38. The van der Waals surface area contributed by atoms with E-state index in [2.05, 4.69) is 16.0 Å². The quantitative estimate of drug-likeness (QED) is 0.645. The molecule has 2 amide bonds. The first-order valence-corrected chi connectivity index (χ1v) is 9.38. The van der Waals surface area contributed by atoms with Crippen molar-refractivity contribution in [2.45, 2.75) is 57.3 Å². The lowest BCUT2D eigenvalue weighted by Gasteiger charge is -2.36. The fourth-order valence-corrected chi connectivity index (χ4v) is 3.56. The summed E-state index contributed by atoms with van der Waals surface area (Å²) in [4.78, 5) is 25.7. The lowest BCUT2D eigenvalue weighted by atomic mass is 9.88. The molecule has 0 aromatic carbocycles. The highest BCUT2D eigenvalue weighted by Gasteiger charge is 2.44. The van der Waals surface area contributed by atoms with E-state index in [1.807, 2.05) is 0 Å². The maximum absolute atomic E-state index is 13.3. The van der Waals surface area contributed by atoms with Crippen molar-refractivity contribution in [2.24, 2.45) is 5.92 Å². The van der Waals surface area contributed by atoms with Crippen LogP contribution in [-0.4, -0.2) is 67.7 Å². The van der Waals surface area contributed by atoms with E-state index >= 15 is 0 Å². The molecule has 3 N–H and O–H groups in total. The zero-order valence-electron chi connectivity index (χ0n) is 15.2. The lowest BCUT2D eigenvalue weighted by Crippen LogP contribution is -2.58. The number of hydrogen-bond acceptors (Lipinski definition) is 4. The molecular weight excluding hydrogens is 349 g/mol. The van der Waals surface area contributed by atoms with E-state index in [1.54, 1.807) is 0 Å². The smallest absolute Gasteiger partial charge is 0.352 e. The molecule has 9 heteroatoms. The predicted octanol–water partition coefficient (Wildman–Crippen LogP) is 1.02. The standard InChI is InChI=1S/C17H29F3N4O2/c1-12(23-16(26)13-5-3-2-4-6-13)15(25)22-11-14(17(18,19)20)24-9-7-21-8-10-24/h12-14,21H,2-11H2,1H3,(H,22,25)(H,23,26)/t12-,14?/m0/s1. The van der Waals surface area contributed by atoms with Crippen LogP contribution in [0.3, 0.4) is 0 Å². The van der Waals surface area contributed by atoms with Gasteiger partial charge in [-0.05, 0) is 19.8 Å². The Kier molecular flexibility index (Phi) is 7.69. The highest BCUT2D eigenvalue weighted by Crippen LogP contribution is 2.25. The van der Waals surface area contributed by atoms with Crippen LogP contribution in [0, 0.1) is 5.92 Å². The number of carbonyl (C=O) groups excluding carboxylic acids is 2. The van der Waals surface area contributed by atoms with Crippen LogP contribution in [0.2, 0.25) is 0 Å². The largest absolute Gasteiger partial charge is 0.405 e. The summed E-state index contributed by atoms with van der Waals surface area (Å²) in [6.07, 6.45) is 0.301. The van der Waals surface area contributed by atoms with Gasteiger partial charge in [0.25, 0.3) is 0 Å². The van der Waals surface area contributed by atoms with E-state index in [0.29, 0.717) is 13.1 Å². The number of carbonyl (C=O) groups is 2. The predicted molar refractivity (Wildman–Crippen MR) is 91.5 cm³/mol. The van der Waals surface area contributed by atoms with Gasteiger partial charge in [0.2, 0.25) is 11.8 Å². The Labute approximate surface area is 152 Å². The first-order chi connectivity index (χ1) is 12.3. The average molecular weight is 378 g/mol. The molecule has 2 fully saturated rings. The number of nitrogens with zero attached hydrogens (tertiary/aromatic N) is 1. The molecule has 0 aromatic heterocycles. The van der Waals surface area contributed by atoms with E-state index in [4.69, 9.17) is 0 Å². The minimum atomic E-state index is -4.42. The van der Waals surface area contributed by atoms with E-state index in [1.165, 1.54) is 11.8 Å². The van der Waals surface area contributed by atoms with Gasteiger partial charge in [-0.2, -0.15) is 13.2 Å². The molecular formula is C17H29F3N4O2. The second-order valence-electron chi connectivity index (χ2n) is 7.15. The van der Waals surface area contributed by atoms with Gasteiger partial charge in [-0.3, -0.25) is 14.5 Å². The van der Waals surface area contributed by atoms with Gasteiger partial charge in [0.1, 0.15) is 12.1 Å². The topological polar surface area (TPSA) is 73.5 Å². The second-order valence-corrected chi connectivity index (χ2v) is 7.15. The van der Waals surface area contributed by atoms with Gasteiger partial charge < -0.3 is 16.0 Å². The molecule has 1 aliphatic carbocycles. The third kappa shape index (κ3) is 6.12. The fraction of sp³-hybridized carbons (Fsp3) is 0.882. The monoisotopic (exact) mass is 378 g/mol. The summed E-state index contributed by atoms with van der Waals surface area (Å²) in [5, 5.41) is 8.01. The molecule has 0 spiro atoms. The summed E-state index contributed by atoms with van der Waals surface area (Å²) >= 11 is 0. The number of amides is 2. The van der Waals surface area contributed by atoms with Crippen LogP contribution < -0.4 is 16.0 Å². The number of alkyl halides is 3. The summed E-state index contributed by atoms with van der Waals surface area (Å²) in [6.45, 7) is 2.56. The molecule has 0 bridgehead atoms. The van der Waals surface area contributed by atoms with Crippen molar-refractivity contribution in [2.75, 3.05) is 32.7 Å². The molecule has 0 aromatic rings. The van der Waals surface area contributed by atoms with Crippen molar-refractivity contribution >= 4 is 11.8 Å². The summed E-state index contributed by atoms with van der Waals surface area (Å²) < 4.78 is 40.0. The molecule has 1 unspecified atom stereocenters. The zero-order valence-corrected chi connectivity index (χ0v) is 15.2. The normalized spacial score (nSPS) is 22.5. The summed E-state index contributed by atoms with van der Waals surface area (Å²) in [7, 11) is 0. The van der Waals surface area contributed by atoms with Gasteiger partial charge in [-0.1, -0.05) is 19.3 Å². The van der Waals surface area contributed by atoms with E-state index in [0.717, 1.165) is 32.1 Å². The van der Waals surface area contributed by atoms with Crippen LogP contribution >= 0.6 is 0 Å². The van der Waals surface area contributed by atoms with Crippen LogP contribution in [0.5, 0.6) is 0 Å². The number of hydrogen-bond donors (Lipinski definition) is 3. The van der Waals surface area contributed by atoms with Crippen LogP contribution in [0.25, 0.3) is 0 Å². The van der Waals surface area contributed by atoms with Crippen molar-refractivity contribution in [3.63, 3.8) is 0 Å². The van der Waals surface area contributed by atoms with E-state index < -0.39 is 30.7 Å². The maximum Gasteiger partial charge on any atom is 0.405 e. The van der Waals surface area contributed by atoms with Crippen LogP contribution in [0.4, 0.5) is 13.2 Å². The van der Waals surface area contributed by atoms with Gasteiger partial charge in [-0.25, -0.2) is 0 Å². The number of rotatable bonds is 6. The molecule has 26 heavy (non-hydrogen) atoms. The average Bonchev–Trinajstić information content (AvgIpc) is 2.62. The van der Waals surface area contributed by atoms with Crippen molar-refractivity contribution in [3.8, 4) is 0 Å². The van der Waals surface area contributed by atoms with Crippen molar-refractivity contribution in [3.05, 3.63) is 0 Å². The molecule has 150 valence electrons. The fourth-order valence-electron chi connectivity index (χ4n) is 3.56. The first kappa shape index (κ1) is 21.0. The molecule has 2 aliphatic rings. The maximum atomic E-state index is 13.3. The Morgan fingerprint density at radius 2 is 1.77 bits per heavy atom. The van der Waals surface area contributed by atoms with Crippen LogP contribution in [-0.2, 0) is 9.59 Å². The third-order valence-corrected chi connectivity index (χ3v) is 5.17. The Hall–Kier alpha value is -1.35. The lowest BCUT2D eigenvalue weighted by molar-refractivity contribution is -0.184. The Morgan fingerprint density at radius 3 is 2.35 bits per heavy atom. The minimum Gasteiger partial charge on any atom is -0.352 e. The molecule has 2 atom stereocenters. The zero-order chi connectivity index (χ0) is 19.2. The van der Waals surface area contributed by atoms with Crippen LogP contribution in [0.15, 0.2) is 0 Å². The summed E-state index contributed by atoms with van der Waals surface area (Å²) in [5.41, 5.74) is 0. The minimum absolute atomic E-state index is 0.0947. The summed E-state index contributed by atoms with van der Waals surface area (Å²) in [6, 6.07) is -2.56. The molecule has 1 aliphatic heterocycles. The SMILES string of the molecule is C[C@H](NC(=O)C1CCCCC1)C(=O)NCC(N1CCNCC1)C(F)(F)F. The Bertz CT molecular complexity index is 475. The van der Waals surface area contributed by atoms with Crippen LogP contribution in [0.1, 0.15) is 39.0 Å². The van der Waals surface area contributed by atoms with Gasteiger partial charge >= 0.3 is 6.18 Å². The molecule has 1 saturated heterocycles. The van der Waals surface area contributed by atoms with E-state index in [9.17, 15) is 22.8 Å². The molecule has 1 saturated carbocycles. The Balaban J connectivity index is 1.83. The number of halogens is 3. The molecule has 6 nitrogen and oxygen atoms in total. The van der Waals surface area contributed by atoms with Crippen molar-refractivity contribution in [1.82, 2.24) is 20.9 Å². The van der Waals surface area contributed by atoms with Crippen molar-refractivity contribution < 1.29 is 22.8 Å². The molecule has 1 heterocycles. The van der Waals surface area contributed by atoms with Gasteiger partial charge in [0.15, 0.2) is 0 Å². The van der Waals surface area contributed by atoms with Gasteiger partial charge in [0, 0.05) is 38.6 Å². The Morgan fingerprint density at radius 1 is 1.15 bits per heavy atom. The molecule has 0 radical (unpaired) electrons. The van der Waals surface area contributed by atoms with Gasteiger partial charge in [-0.15, -0.1) is 0 Å². The second kappa shape index (κ2) is 9.55. The molecule has 2 rings (SSSR count). The van der Waals surface area contributed by atoms with E-state index in [-0.39, 0.29) is 24.9 Å². The van der Waals surface area contributed by atoms with Crippen molar-refractivity contribution in [1.29, 1.82) is 0 Å². The third-order valence-electron chi connectivity index (χ3n) is 5.17. The van der Waals surface area contributed by atoms with Gasteiger partial charge in [0.05, 0.1) is 0 Å².